The molecule has 0 saturated carbocycles. The van der Waals surface area contributed by atoms with Crippen molar-refractivity contribution in [3.05, 3.63) is 65.7 Å². The first-order valence-electron chi connectivity index (χ1n) is 8.97. The molecule has 2 atom stereocenters. The molecule has 3 N–H and O–H groups in total. The highest BCUT2D eigenvalue weighted by atomic mass is 19.1. The van der Waals surface area contributed by atoms with Crippen molar-refractivity contribution in [2.45, 2.75) is 5.60 Å². The van der Waals surface area contributed by atoms with Gasteiger partial charge < -0.3 is 20.6 Å². The van der Waals surface area contributed by atoms with Crippen molar-refractivity contribution < 1.29 is 18.7 Å². The van der Waals surface area contributed by atoms with Gasteiger partial charge in [-0.15, -0.1) is 0 Å². The Bertz CT molecular complexity index is 812. The number of carbonyl (C=O) groups is 1. The Balaban J connectivity index is 1.54. The van der Waals surface area contributed by atoms with Crippen LogP contribution in [0.15, 0.2) is 48.5 Å². The zero-order chi connectivity index (χ0) is 19.0. The molecule has 2 aliphatic rings. The number of hydrogen-bond donors (Lipinski definition) is 3. The molecule has 142 valence electrons. The minimum atomic E-state index is -1.01. The van der Waals surface area contributed by atoms with E-state index in [1.165, 1.54) is 0 Å². The Labute approximate surface area is 156 Å². The van der Waals surface area contributed by atoms with Crippen LogP contribution >= 0.6 is 0 Å². The normalized spacial score (nSPS) is 27.3. The molecule has 0 aliphatic carbocycles. The van der Waals surface area contributed by atoms with E-state index >= 15 is 0 Å². The molecule has 2 saturated heterocycles. The minimum Gasteiger partial charge on any atom is -0.384 e. The lowest BCUT2D eigenvalue weighted by molar-refractivity contribution is -0.129. The van der Waals surface area contributed by atoms with E-state index < -0.39 is 23.3 Å². The number of hydrogen-bond acceptors (Lipinski definition) is 3. The second kappa shape index (κ2) is 6.90. The van der Waals surface area contributed by atoms with Crippen molar-refractivity contribution in [3.63, 3.8) is 0 Å². The first-order valence-corrected chi connectivity index (χ1v) is 8.97. The van der Waals surface area contributed by atoms with E-state index in [9.17, 15) is 18.7 Å². The van der Waals surface area contributed by atoms with E-state index in [1.54, 1.807) is 4.90 Å². The van der Waals surface area contributed by atoms with E-state index in [-0.39, 0.29) is 17.5 Å². The molecule has 0 spiro atoms. The van der Waals surface area contributed by atoms with Gasteiger partial charge in [0, 0.05) is 49.8 Å². The topological polar surface area (TPSA) is 64.6 Å². The van der Waals surface area contributed by atoms with Gasteiger partial charge in [0.05, 0.1) is 0 Å². The van der Waals surface area contributed by atoms with Crippen LogP contribution in [0.5, 0.6) is 0 Å². The molecule has 0 radical (unpaired) electrons. The van der Waals surface area contributed by atoms with E-state index in [0.29, 0.717) is 26.2 Å². The second-order valence-corrected chi connectivity index (χ2v) is 7.24. The summed E-state index contributed by atoms with van der Waals surface area (Å²) < 4.78 is 26.7. The standard InChI is InChI=1S/C20H21F2N3O2/c21-16-6-17(22)8-18(7-16)24-19(26)25-11-14-9-23-10-15(12-25)20(14,27)13-4-2-1-3-5-13/h1-8,14-15,23,27H,9-12H2,(H,24,26). The smallest absolute Gasteiger partial charge is 0.321 e. The lowest BCUT2D eigenvalue weighted by Gasteiger charge is -2.53. The third-order valence-corrected chi connectivity index (χ3v) is 5.55. The van der Waals surface area contributed by atoms with Gasteiger partial charge >= 0.3 is 6.03 Å². The molecule has 2 aromatic rings. The third kappa shape index (κ3) is 3.28. The Morgan fingerprint density at radius 3 is 2.26 bits per heavy atom. The highest BCUT2D eigenvalue weighted by molar-refractivity contribution is 5.89. The predicted molar refractivity (Wildman–Crippen MR) is 97.1 cm³/mol. The van der Waals surface area contributed by atoms with Crippen LogP contribution in [0.1, 0.15) is 5.56 Å². The summed E-state index contributed by atoms with van der Waals surface area (Å²) in [4.78, 5) is 14.2. The Morgan fingerprint density at radius 1 is 1.07 bits per heavy atom. The summed E-state index contributed by atoms with van der Waals surface area (Å²) in [6.45, 7) is 1.86. The summed E-state index contributed by atoms with van der Waals surface area (Å²) in [6, 6.07) is 12.0. The number of rotatable bonds is 2. The number of fused-ring (bicyclic) bond motifs is 2. The molecule has 2 unspecified atom stereocenters. The molecule has 2 heterocycles. The first kappa shape index (κ1) is 17.9. The summed E-state index contributed by atoms with van der Waals surface area (Å²) in [6.07, 6.45) is 0. The van der Waals surface area contributed by atoms with Gasteiger partial charge in [-0.3, -0.25) is 0 Å². The van der Waals surface area contributed by atoms with Gasteiger partial charge in [0.2, 0.25) is 0 Å². The maximum Gasteiger partial charge on any atom is 0.321 e. The van der Waals surface area contributed by atoms with Gasteiger partial charge in [0.15, 0.2) is 0 Å². The van der Waals surface area contributed by atoms with Gasteiger partial charge in [0.1, 0.15) is 17.2 Å². The van der Waals surface area contributed by atoms with E-state index in [1.807, 2.05) is 30.3 Å². The van der Waals surface area contributed by atoms with Crippen molar-refractivity contribution >= 4 is 11.7 Å². The van der Waals surface area contributed by atoms with Crippen LogP contribution in [-0.4, -0.2) is 42.2 Å². The van der Waals surface area contributed by atoms with Crippen molar-refractivity contribution in [2.24, 2.45) is 11.8 Å². The van der Waals surface area contributed by atoms with Crippen LogP contribution in [0.2, 0.25) is 0 Å². The van der Waals surface area contributed by atoms with Crippen molar-refractivity contribution in [1.29, 1.82) is 0 Å². The number of nitrogens with zero attached hydrogens (tertiary/aromatic N) is 1. The van der Waals surface area contributed by atoms with Gasteiger partial charge in [-0.25, -0.2) is 13.6 Å². The van der Waals surface area contributed by atoms with Gasteiger partial charge in [-0.2, -0.15) is 0 Å². The molecule has 7 heteroatoms. The summed E-state index contributed by atoms with van der Waals surface area (Å²) in [7, 11) is 0. The van der Waals surface area contributed by atoms with Gasteiger partial charge in [-0.05, 0) is 17.7 Å². The van der Waals surface area contributed by atoms with Crippen LogP contribution in [0, 0.1) is 23.5 Å². The molecule has 2 amide bonds. The molecule has 4 rings (SSSR count). The molecular weight excluding hydrogens is 352 g/mol. The fourth-order valence-electron chi connectivity index (χ4n) is 4.26. The lowest BCUT2D eigenvalue weighted by Crippen LogP contribution is -2.65. The summed E-state index contributed by atoms with van der Waals surface area (Å²) >= 11 is 0. The van der Waals surface area contributed by atoms with Gasteiger partial charge in [0.25, 0.3) is 0 Å². The fraction of sp³-hybridized carbons (Fsp3) is 0.350. The summed E-state index contributed by atoms with van der Waals surface area (Å²) in [5.41, 5.74) is -0.0766. The van der Waals surface area contributed by atoms with Crippen molar-refractivity contribution in [1.82, 2.24) is 10.2 Å². The summed E-state index contributed by atoms with van der Waals surface area (Å²) in [5, 5.41) is 17.4. The van der Waals surface area contributed by atoms with Crippen molar-refractivity contribution in [3.8, 4) is 0 Å². The Kier molecular flexibility index (Phi) is 4.57. The SMILES string of the molecule is O=C(Nc1cc(F)cc(F)c1)N1CC2CNCC(C1)C2(O)c1ccccc1. The fourth-order valence-corrected chi connectivity index (χ4v) is 4.26. The minimum absolute atomic E-state index is 0.0738. The molecule has 0 aromatic heterocycles. The monoisotopic (exact) mass is 373 g/mol. The number of benzene rings is 2. The number of piperidine rings is 2. The van der Waals surface area contributed by atoms with E-state index in [2.05, 4.69) is 10.6 Å². The highest BCUT2D eigenvalue weighted by Crippen LogP contribution is 2.43. The number of carbonyl (C=O) groups excluding carboxylic acids is 1. The zero-order valence-corrected chi connectivity index (χ0v) is 14.7. The largest absolute Gasteiger partial charge is 0.384 e. The maximum atomic E-state index is 13.4. The number of likely N-dealkylation sites (tertiary alicyclic amines) is 1. The van der Waals surface area contributed by atoms with E-state index in [0.717, 1.165) is 23.8 Å². The third-order valence-electron chi connectivity index (χ3n) is 5.55. The number of amides is 2. The maximum absolute atomic E-state index is 13.4. The quantitative estimate of drug-likeness (QED) is 0.758. The molecule has 2 aromatic carbocycles. The van der Waals surface area contributed by atoms with Crippen LogP contribution in [0.4, 0.5) is 19.3 Å². The Hall–Kier alpha value is -2.51. The average Bonchev–Trinajstić information content (AvgIpc) is 2.61. The molecule has 2 fully saturated rings. The lowest BCUT2D eigenvalue weighted by atomic mass is 9.67. The predicted octanol–water partition coefficient (Wildman–Crippen LogP) is 2.54. The molecule has 2 bridgehead atoms. The highest BCUT2D eigenvalue weighted by Gasteiger charge is 2.52. The molecule has 2 aliphatic heterocycles. The molecule has 27 heavy (non-hydrogen) atoms. The number of nitrogens with one attached hydrogen (secondary N) is 2. The molecule has 5 nitrogen and oxygen atoms in total. The van der Waals surface area contributed by atoms with Crippen molar-refractivity contribution in [2.75, 3.05) is 31.5 Å². The Morgan fingerprint density at radius 2 is 1.67 bits per heavy atom. The number of aliphatic hydroxyl groups is 1. The van der Waals surface area contributed by atoms with Gasteiger partial charge in [-0.1, -0.05) is 30.3 Å². The number of anilines is 1. The zero-order valence-electron chi connectivity index (χ0n) is 14.7. The van der Waals surface area contributed by atoms with Crippen LogP contribution in [0.25, 0.3) is 0 Å². The van der Waals surface area contributed by atoms with Crippen LogP contribution in [0.3, 0.4) is 0 Å². The number of urea groups is 1. The molecular formula is C20H21F2N3O2. The summed E-state index contributed by atoms with van der Waals surface area (Å²) in [5.74, 6) is -1.85. The van der Waals surface area contributed by atoms with Crippen LogP contribution < -0.4 is 10.6 Å². The number of halogens is 2. The second-order valence-electron chi connectivity index (χ2n) is 7.24. The average molecular weight is 373 g/mol. The van der Waals surface area contributed by atoms with Crippen LogP contribution in [-0.2, 0) is 5.60 Å². The first-order chi connectivity index (χ1) is 13.0. The van der Waals surface area contributed by atoms with E-state index in [4.69, 9.17) is 0 Å².